The summed E-state index contributed by atoms with van der Waals surface area (Å²) in [5.41, 5.74) is 3.65. The quantitative estimate of drug-likeness (QED) is 0.304. The molecule has 0 bridgehead atoms. The molecule has 0 radical (unpaired) electrons. The molecule has 0 aliphatic carbocycles. The van der Waals surface area contributed by atoms with Crippen molar-refractivity contribution < 1.29 is 9.90 Å². The fourth-order valence-electron chi connectivity index (χ4n) is 3.32. The Bertz CT molecular complexity index is 847. The Morgan fingerprint density at radius 1 is 1.16 bits per heavy atom. The Labute approximate surface area is 206 Å². The van der Waals surface area contributed by atoms with Crippen LogP contribution in [0.2, 0.25) is 0 Å². The molecular formula is C25H36N2O2S3. The second-order valence-corrected chi connectivity index (χ2v) is 10.7. The zero-order valence-electron chi connectivity index (χ0n) is 19.8. The number of unbranched alkanes of at least 4 members (excludes halogenated alkanes) is 1. The summed E-state index contributed by atoms with van der Waals surface area (Å²) in [6.07, 6.45) is 5.81. The zero-order chi connectivity index (χ0) is 23.5. The van der Waals surface area contributed by atoms with E-state index in [0.29, 0.717) is 11.8 Å². The molecule has 0 aromatic heterocycles. The number of benzene rings is 2. The van der Waals surface area contributed by atoms with Gasteiger partial charge in [-0.2, -0.15) is 0 Å². The van der Waals surface area contributed by atoms with Crippen LogP contribution in [0.25, 0.3) is 0 Å². The lowest BCUT2D eigenvalue weighted by Crippen LogP contribution is -2.34. The van der Waals surface area contributed by atoms with E-state index >= 15 is 0 Å². The first-order valence-corrected chi connectivity index (χ1v) is 14.3. The van der Waals surface area contributed by atoms with Gasteiger partial charge in [-0.05, 0) is 61.5 Å². The maximum absolute atomic E-state index is 10.9. The highest BCUT2D eigenvalue weighted by molar-refractivity contribution is 7.99. The number of carbonyl (C=O) groups is 1. The fourth-order valence-corrected chi connectivity index (χ4v) is 5.90. The molecule has 1 atom stereocenters. The first kappa shape index (κ1) is 27.0. The summed E-state index contributed by atoms with van der Waals surface area (Å²) in [7, 11) is 2.17. The molecule has 4 nitrogen and oxygen atoms in total. The highest BCUT2D eigenvalue weighted by Crippen LogP contribution is 2.44. The first-order valence-electron chi connectivity index (χ1n) is 11.2. The number of carboxylic acid groups (broad SMARTS) is 1. The smallest absolute Gasteiger partial charge is 0.313 e. The van der Waals surface area contributed by atoms with Crippen molar-refractivity contribution in [2.45, 2.75) is 61.6 Å². The van der Waals surface area contributed by atoms with Crippen molar-refractivity contribution in [2.24, 2.45) is 0 Å². The SMILES string of the molecule is CCC1CN(c2ccccc2)c2cc(SC)c(CSCC(=O)O)cc2SN1C.CCCC. The van der Waals surface area contributed by atoms with Gasteiger partial charge in [0.25, 0.3) is 0 Å². The average molecular weight is 493 g/mol. The van der Waals surface area contributed by atoms with Crippen LogP contribution in [-0.4, -0.2) is 47.0 Å². The molecule has 7 heteroatoms. The van der Waals surface area contributed by atoms with Gasteiger partial charge in [-0.1, -0.05) is 51.8 Å². The maximum Gasteiger partial charge on any atom is 0.313 e. The highest BCUT2D eigenvalue weighted by atomic mass is 32.2. The summed E-state index contributed by atoms with van der Waals surface area (Å²) < 4.78 is 2.36. The van der Waals surface area contributed by atoms with Crippen LogP contribution in [0.15, 0.2) is 52.3 Å². The molecule has 176 valence electrons. The molecule has 1 aliphatic rings. The molecule has 2 aromatic rings. The zero-order valence-corrected chi connectivity index (χ0v) is 22.3. The lowest BCUT2D eigenvalue weighted by Gasteiger charge is -2.29. The van der Waals surface area contributed by atoms with Crippen LogP contribution < -0.4 is 4.90 Å². The number of hydrogen-bond acceptors (Lipinski definition) is 6. The maximum atomic E-state index is 10.9. The van der Waals surface area contributed by atoms with Gasteiger partial charge in [-0.15, -0.1) is 23.5 Å². The second-order valence-electron chi connectivity index (χ2n) is 7.66. The topological polar surface area (TPSA) is 43.8 Å². The normalized spacial score (nSPS) is 16.0. The Hall–Kier alpha value is -1.28. The lowest BCUT2D eigenvalue weighted by molar-refractivity contribution is -0.133. The predicted molar refractivity (Wildman–Crippen MR) is 144 cm³/mol. The number of rotatable bonds is 8. The van der Waals surface area contributed by atoms with Crippen molar-refractivity contribution in [3.63, 3.8) is 0 Å². The number of fused-ring (bicyclic) bond motifs is 1. The van der Waals surface area contributed by atoms with Crippen LogP contribution in [0.4, 0.5) is 11.4 Å². The van der Waals surface area contributed by atoms with Crippen molar-refractivity contribution in [2.75, 3.05) is 30.5 Å². The van der Waals surface area contributed by atoms with Gasteiger partial charge >= 0.3 is 5.97 Å². The first-order chi connectivity index (χ1) is 15.4. The van der Waals surface area contributed by atoms with Crippen molar-refractivity contribution in [1.29, 1.82) is 0 Å². The van der Waals surface area contributed by atoms with Crippen LogP contribution >= 0.6 is 35.5 Å². The number of nitrogens with zero attached hydrogens (tertiary/aromatic N) is 2. The van der Waals surface area contributed by atoms with Crippen molar-refractivity contribution >= 4 is 52.8 Å². The minimum Gasteiger partial charge on any atom is -0.481 e. The summed E-state index contributed by atoms with van der Waals surface area (Å²) >= 11 is 4.98. The Morgan fingerprint density at radius 2 is 1.84 bits per heavy atom. The highest BCUT2D eigenvalue weighted by Gasteiger charge is 2.27. The molecule has 1 unspecified atom stereocenters. The summed E-state index contributed by atoms with van der Waals surface area (Å²) in [4.78, 5) is 15.8. The molecule has 0 saturated heterocycles. The number of hydrogen-bond donors (Lipinski definition) is 1. The number of likely N-dealkylation sites (N-methyl/N-ethyl adjacent to an activating group) is 1. The summed E-state index contributed by atoms with van der Waals surface area (Å²) in [6.45, 7) is 7.54. The van der Waals surface area contributed by atoms with E-state index < -0.39 is 5.97 Å². The van der Waals surface area contributed by atoms with Crippen LogP contribution in [0, 0.1) is 0 Å². The Morgan fingerprint density at radius 3 is 2.41 bits per heavy atom. The van der Waals surface area contributed by atoms with E-state index in [9.17, 15) is 4.79 Å². The van der Waals surface area contributed by atoms with E-state index in [-0.39, 0.29) is 5.75 Å². The molecule has 32 heavy (non-hydrogen) atoms. The van der Waals surface area contributed by atoms with E-state index in [1.165, 1.54) is 51.3 Å². The molecule has 1 heterocycles. The summed E-state index contributed by atoms with van der Waals surface area (Å²) in [6, 6.07) is 15.5. The van der Waals surface area contributed by atoms with E-state index in [4.69, 9.17) is 5.11 Å². The molecule has 3 rings (SSSR count). The molecule has 1 aliphatic heterocycles. The van der Waals surface area contributed by atoms with Crippen LogP contribution in [-0.2, 0) is 10.5 Å². The number of aliphatic carboxylic acids is 1. The van der Waals surface area contributed by atoms with Gasteiger partial charge in [-0.3, -0.25) is 4.79 Å². The largest absolute Gasteiger partial charge is 0.481 e. The fraction of sp³-hybridized carbons (Fsp3) is 0.480. The van der Waals surface area contributed by atoms with Gasteiger partial charge in [0.1, 0.15) is 0 Å². The summed E-state index contributed by atoms with van der Waals surface area (Å²) in [5, 5.41) is 8.96. The summed E-state index contributed by atoms with van der Waals surface area (Å²) in [5.74, 6) is 0.0785. The van der Waals surface area contributed by atoms with Crippen molar-refractivity contribution in [3.8, 4) is 0 Å². The van der Waals surface area contributed by atoms with Crippen LogP contribution in [0.3, 0.4) is 0 Å². The predicted octanol–water partition coefficient (Wildman–Crippen LogP) is 7.40. The molecule has 0 fully saturated rings. The van der Waals surface area contributed by atoms with E-state index in [0.717, 1.165) is 13.0 Å². The van der Waals surface area contributed by atoms with Gasteiger partial charge < -0.3 is 10.0 Å². The number of para-hydroxylation sites is 1. The lowest BCUT2D eigenvalue weighted by atomic mass is 10.1. The van der Waals surface area contributed by atoms with Crippen LogP contribution in [0.1, 0.15) is 45.6 Å². The Balaban J connectivity index is 0.000000837. The molecule has 1 N–H and O–H groups in total. The van der Waals surface area contributed by atoms with E-state index in [1.807, 2.05) is 0 Å². The van der Waals surface area contributed by atoms with Gasteiger partial charge in [0.05, 0.1) is 11.4 Å². The van der Waals surface area contributed by atoms with Gasteiger partial charge in [0, 0.05) is 33.8 Å². The third-order valence-electron chi connectivity index (χ3n) is 5.32. The van der Waals surface area contributed by atoms with Crippen LogP contribution in [0.5, 0.6) is 0 Å². The number of thioether (sulfide) groups is 2. The minimum absolute atomic E-state index is 0.131. The molecule has 0 saturated carbocycles. The van der Waals surface area contributed by atoms with Gasteiger partial charge in [0.15, 0.2) is 0 Å². The minimum atomic E-state index is -0.763. The Kier molecular flexibility index (Phi) is 11.9. The van der Waals surface area contributed by atoms with E-state index in [1.54, 1.807) is 23.7 Å². The standard InChI is InChI=1S/C21H26N2O2S3.C4H10/c1-4-16-12-23(17-8-6-5-7-9-17)18-11-19(26-3)15(13-27-14-21(24)25)10-20(18)28-22(16)2;1-3-4-2/h5-11,16H,4,12-14H2,1-3H3,(H,24,25);3-4H2,1-2H3. The monoisotopic (exact) mass is 492 g/mol. The van der Waals surface area contributed by atoms with E-state index in [2.05, 4.69) is 85.7 Å². The molecule has 0 spiro atoms. The third kappa shape index (κ3) is 7.65. The average Bonchev–Trinajstić information content (AvgIpc) is 2.94. The molecule has 2 aromatic carbocycles. The van der Waals surface area contributed by atoms with Crippen molar-refractivity contribution in [1.82, 2.24) is 4.31 Å². The number of anilines is 2. The molecule has 0 amide bonds. The van der Waals surface area contributed by atoms with Gasteiger partial charge in [-0.25, -0.2) is 4.31 Å². The van der Waals surface area contributed by atoms with Gasteiger partial charge in [0.2, 0.25) is 0 Å². The molecular weight excluding hydrogens is 456 g/mol. The third-order valence-corrected chi connectivity index (χ3v) is 8.22. The van der Waals surface area contributed by atoms with Crippen molar-refractivity contribution in [3.05, 3.63) is 48.0 Å². The second kappa shape index (κ2) is 14.1. The number of carboxylic acids is 1.